The molecule has 0 spiro atoms. The Balaban J connectivity index is 1.57. The largest absolute Gasteiger partial charge is 0.329 e. The number of hydrogen-bond donors (Lipinski definition) is 1. The molecule has 2 aromatic rings. The summed E-state index contributed by atoms with van der Waals surface area (Å²) in [5.74, 6) is -0.0568. The maximum Gasteiger partial charge on any atom is 0.246 e. The van der Waals surface area contributed by atoms with E-state index in [4.69, 9.17) is 11.6 Å². The van der Waals surface area contributed by atoms with E-state index in [-0.39, 0.29) is 24.4 Å². The SMILES string of the molecule is C[C@@H]1CN(c2cccc(Cl)c2)C(=O)CN1C(=O)CCCc1cn[nH]c1. The molecule has 6 nitrogen and oxygen atoms in total. The van der Waals surface area contributed by atoms with E-state index in [1.54, 1.807) is 28.1 Å². The molecule has 0 saturated carbocycles. The van der Waals surface area contributed by atoms with Gasteiger partial charge < -0.3 is 9.80 Å². The van der Waals surface area contributed by atoms with Crippen molar-refractivity contribution in [2.24, 2.45) is 0 Å². The van der Waals surface area contributed by atoms with Crippen molar-refractivity contribution >= 4 is 29.1 Å². The number of aryl methyl sites for hydroxylation is 1. The highest BCUT2D eigenvalue weighted by Gasteiger charge is 2.32. The van der Waals surface area contributed by atoms with E-state index < -0.39 is 0 Å². The van der Waals surface area contributed by atoms with Crippen LogP contribution in [0.5, 0.6) is 0 Å². The minimum absolute atomic E-state index is 0.0232. The van der Waals surface area contributed by atoms with Gasteiger partial charge in [-0.2, -0.15) is 5.10 Å². The predicted octanol–water partition coefficient (Wildman–Crippen LogP) is 2.65. The molecule has 2 heterocycles. The van der Waals surface area contributed by atoms with Crippen LogP contribution in [0.2, 0.25) is 5.02 Å². The van der Waals surface area contributed by atoms with E-state index in [0.29, 0.717) is 18.0 Å². The maximum absolute atomic E-state index is 12.5. The lowest BCUT2D eigenvalue weighted by Crippen LogP contribution is -2.57. The fraction of sp³-hybridized carbons (Fsp3) is 0.389. The van der Waals surface area contributed by atoms with Crippen LogP contribution in [-0.4, -0.2) is 46.0 Å². The van der Waals surface area contributed by atoms with Crippen molar-refractivity contribution < 1.29 is 9.59 Å². The number of nitrogens with one attached hydrogen (secondary N) is 1. The van der Waals surface area contributed by atoms with Gasteiger partial charge in [-0.05, 0) is 43.5 Å². The van der Waals surface area contributed by atoms with Gasteiger partial charge in [-0.25, -0.2) is 0 Å². The number of aromatic amines is 1. The molecular formula is C18H21ClN4O2. The van der Waals surface area contributed by atoms with E-state index in [9.17, 15) is 9.59 Å². The number of anilines is 1. The molecule has 1 N–H and O–H groups in total. The summed E-state index contributed by atoms with van der Waals surface area (Å²) in [6.45, 7) is 2.56. The van der Waals surface area contributed by atoms with E-state index in [1.165, 1.54) is 0 Å². The molecule has 7 heteroatoms. The van der Waals surface area contributed by atoms with Gasteiger partial charge in [0.25, 0.3) is 0 Å². The van der Waals surface area contributed by atoms with Gasteiger partial charge in [0.05, 0.1) is 6.20 Å². The molecule has 1 aliphatic rings. The zero-order chi connectivity index (χ0) is 17.8. The summed E-state index contributed by atoms with van der Waals surface area (Å²) in [6, 6.07) is 7.20. The van der Waals surface area contributed by atoms with Crippen LogP contribution in [0.1, 0.15) is 25.3 Å². The van der Waals surface area contributed by atoms with Crippen molar-refractivity contribution in [3.8, 4) is 0 Å². The Morgan fingerprint density at radius 1 is 1.44 bits per heavy atom. The third kappa shape index (κ3) is 4.20. The molecule has 0 bridgehead atoms. The van der Waals surface area contributed by atoms with E-state index in [0.717, 1.165) is 24.1 Å². The number of amides is 2. The lowest BCUT2D eigenvalue weighted by molar-refractivity contribution is -0.139. The second kappa shape index (κ2) is 7.70. The zero-order valence-corrected chi connectivity index (χ0v) is 14.9. The summed E-state index contributed by atoms with van der Waals surface area (Å²) >= 11 is 6.02. The Labute approximate surface area is 151 Å². The van der Waals surface area contributed by atoms with E-state index in [2.05, 4.69) is 10.2 Å². The summed E-state index contributed by atoms with van der Waals surface area (Å²) < 4.78 is 0. The summed E-state index contributed by atoms with van der Waals surface area (Å²) in [4.78, 5) is 28.4. The van der Waals surface area contributed by atoms with Crippen LogP contribution < -0.4 is 4.90 Å². The Kier molecular flexibility index (Phi) is 5.38. The number of piperazine rings is 1. The average Bonchev–Trinajstić information content (AvgIpc) is 3.10. The molecule has 0 unspecified atom stereocenters. The smallest absolute Gasteiger partial charge is 0.246 e. The van der Waals surface area contributed by atoms with E-state index >= 15 is 0 Å². The predicted molar refractivity (Wildman–Crippen MR) is 96.5 cm³/mol. The standard InChI is InChI=1S/C18H21ClN4O2/c1-13-11-23(16-6-3-5-15(19)8-16)18(25)12-22(13)17(24)7-2-4-14-9-20-21-10-14/h3,5-6,8-10,13H,2,4,7,11-12H2,1H3,(H,20,21)/t13-/m1/s1. The highest BCUT2D eigenvalue weighted by molar-refractivity contribution is 6.30. The van der Waals surface area contributed by atoms with Gasteiger partial charge in [0.2, 0.25) is 11.8 Å². The van der Waals surface area contributed by atoms with Crippen LogP contribution >= 0.6 is 11.6 Å². The van der Waals surface area contributed by atoms with Crippen molar-refractivity contribution in [1.29, 1.82) is 0 Å². The fourth-order valence-electron chi connectivity index (χ4n) is 3.08. The van der Waals surface area contributed by atoms with Crippen molar-refractivity contribution in [2.75, 3.05) is 18.0 Å². The molecule has 0 aliphatic carbocycles. The quantitative estimate of drug-likeness (QED) is 0.891. The van der Waals surface area contributed by atoms with Gasteiger partial charge in [-0.3, -0.25) is 14.7 Å². The first-order valence-corrected chi connectivity index (χ1v) is 8.75. The molecule has 1 aromatic heterocycles. The Hall–Kier alpha value is -2.34. The molecule has 1 aliphatic heterocycles. The first kappa shape index (κ1) is 17.5. The first-order valence-electron chi connectivity index (χ1n) is 8.37. The topological polar surface area (TPSA) is 69.3 Å². The normalized spacial score (nSPS) is 17.8. The van der Waals surface area contributed by atoms with Gasteiger partial charge in [0.15, 0.2) is 0 Å². The Morgan fingerprint density at radius 3 is 3.00 bits per heavy atom. The molecule has 1 atom stereocenters. The lowest BCUT2D eigenvalue weighted by Gasteiger charge is -2.39. The molecule has 1 fully saturated rings. The van der Waals surface area contributed by atoms with Gasteiger partial charge in [-0.15, -0.1) is 0 Å². The monoisotopic (exact) mass is 360 g/mol. The van der Waals surface area contributed by atoms with Crippen molar-refractivity contribution in [1.82, 2.24) is 15.1 Å². The number of carbonyl (C=O) groups excluding carboxylic acids is 2. The number of benzene rings is 1. The molecule has 132 valence electrons. The molecule has 1 aromatic carbocycles. The fourth-order valence-corrected chi connectivity index (χ4v) is 3.27. The number of aromatic nitrogens is 2. The highest BCUT2D eigenvalue weighted by atomic mass is 35.5. The van der Waals surface area contributed by atoms with Crippen molar-refractivity contribution in [3.63, 3.8) is 0 Å². The molecule has 3 rings (SSSR count). The van der Waals surface area contributed by atoms with Gasteiger partial charge in [-0.1, -0.05) is 17.7 Å². The van der Waals surface area contributed by atoms with Crippen LogP contribution in [0.4, 0.5) is 5.69 Å². The third-order valence-corrected chi connectivity index (χ3v) is 4.67. The molecule has 0 radical (unpaired) electrons. The van der Waals surface area contributed by atoms with Gasteiger partial charge >= 0.3 is 0 Å². The minimum Gasteiger partial charge on any atom is -0.329 e. The van der Waals surface area contributed by atoms with Crippen molar-refractivity contribution in [2.45, 2.75) is 32.2 Å². The first-order chi connectivity index (χ1) is 12.0. The van der Waals surface area contributed by atoms with Crippen LogP contribution in [0.25, 0.3) is 0 Å². The van der Waals surface area contributed by atoms with Crippen LogP contribution in [-0.2, 0) is 16.0 Å². The highest BCUT2D eigenvalue weighted by Crippen LogP contribution is 2.23. The number of halogens is 1. The molecule has 2 amide bonds. The molecule has 1 saturated heterocycles. The van der Waals surface area contributed by atoms with Crippen LogP contribution in [0.15, 0.2) is 36.7 Å². The summed E-state index contributed by atoms with van der Waals surface area (Å²) in [7, 11) is 0. The second-order valence-corrected chi connectivity index (χ2v) is 6.75. The van der Waals surface area contributed by atoms with Crippen LogP contribution in [0.3, 0.4) is 0 Å². The number of carbonyl (C=O) groups is 2. The van der Waals surface area contributed by atoms with Gasteiger partial charge in [0.1, 0.15) is 6.54 Å². The van der Waals surface area contributed by atoms with Crippen LogP contribution in [0, 0.1) is 0 Å². The number of rotatable bonds is 5. The Morgan fingerprint density at radius 2 is 2.28 bits per heavy atom. The zero-order valence-electron chi connectivity index (χ0n) is 14.1. The van der Waals surface area contributed by atoms with Gasteiger partial charge in [0, 0.05) is 35.9 Å². The maximum atomic E-state index is 12.5. The second-order valence-electron chi connectivity index (χ2n) is 6.31. The lowest BCUT2D eigenvalue weighted by atomic mass is 10.1. The molecular weight excluding hydrogens is 340 g/mol. The summed E-state index contributed by atoms with van der Waals surface area (Å²) in [6.07, 6.45) is 5.57. The third-order valence-electron chi connectivity index (χ3n) is 4.44. The summed E-state index contributed by atoms with van der Waals surface area (Å²) in [5.41, 5.74) is 1.86. The molecule has 25 heavy (non-hydrogen) atoms. The number of H-pyrrole nitrogens is 1. The average molecular weight is 361 g/mol. The Bertz CT molecular complexity index is 747. The minimum atomic E-state index is -0.0800. The number of hydrogen-bond acceptors (Lipinski definition) is 3. The number of nitrogens with zero attached hydrogens (tertiary/aromatic N) is 3. The summed E-state index contributed by atoms with van der Waals surface area (Å²) in [5, 5.41) is 7.25. The van der Waals surface area contributed by atoms with Crippen molar-refractivity contribution in [3.05, 3.63) is 47.2 Å². The van der Waals surface area contributed by atoms with E-state index in [1.807, 2.05) is 25.3 Å².